The van der Waals surface area contributed by atoms with E-state index < -0.39 is 20.0 Å². The number of phosphoric acid groups is 1. The molecule has 0 aliphatic rings. The Kier molecular flexibility index (Phi) is 56.3. The summed E-state index contributed by atoms with van der Waals surface area (Å²) in [6.45, 7) is 6.86. The molecule has 0 spiro atoms. The topological polar surface area (TPSA) is 111 Å². The highest BCUT2D eigenvalue weighted by Gasteiger charge is 2.30. The van der Waals surface area contributed by atoms with Crippen molar-refractivity contribution in [3.8, 4) is 0 Å². The van der Waals surface area contributed by atoms with Crippen LogP contribution in [0.1, 0.15) is 290 Å². The van der Waals surface area contributed by atoms with E-state index in [-0.39, 0.29) is 31.5 Å². The summed E-state index contributed by atoms with van der Waals surface area (Å²) in [7, 11) is 1.47. The zero-order chi connectivity index (χ0) is 57.9. The molecule has 3 unspecified atom stereocenters. The number of ether oxygens (including phenoxy) is 1. The second-order valence-electron chi connectivity index (χ2n) is 23.3. The molecule has 0 aromatic carbocycles. The maximum atomic E-state index is 13.5. The molecule has 79 heavy (non-hydrogen) atoms. The van der Waals surface area contributed by atoms with Crippen molar-refractivity contribution in [2.24, 2.45) is 0 Å². The third kappa shape index (κ3) is 59.6. The Morgan fingerprint density at radius 1 is 0.456 bits per heavy atom. The monoisotopic (exact) mass is 1130 g/mol. The van der Waals surface area contributed by atoms with Crippen LogP contribution in [-0.2, 0) is 27.9 Å². The minimum atomic E-state index is -4.46. The van der Waals surface area contributed by atoms with Gasteiger partial charge in [0.05, 0.1) is 33.8 Å². The Hall–Kier alpha value is -2.81. The van der Waals surface area contributed by atoms with Gasteiger partial charge in [-0.1, -0.05) is 260 Å². The van der Waals surface area contributed by atoms with Crippen LogP contribution in [0.25, 0.3) is 0 Å². The van der Waals surface area contributed by atoms with Crippen LogP contribution < -0.4 is 5.32 Å². The number of unbranched alkanes of at least 4 members (excludes halogenated alkanes) is 31. The fourth-order valence-corrected chi connectivity index (χ4v) is 9.99. The number of phosphoric ester groups is 1. The molecule has 1 amide bonds. The number of nitrogens with one attached hydrogen (secondary N) is 1. The van der Waals surface area contributed by atoms with Gasteiger partial charge in [0.2, 0.25) is 5.91 Å². The first-order valence-electron chi connectivity index (χ1n) is 32.9. The molecule has 10 heteroatoms. The van der Waals surface area contributed by atoms with Crippen molar-refractivity contribution in [3.63, 3.8) is 0 Å². The number of hydrogen-bond acceptors (Lipinski definition) is 6. The van der Waals surface area contributed by atoms with Crippen LogP contribution in [0.3, 0.4) is 0 Å². The highest BCUT2D eigenvalue weighted by molar-refractivity contribution is 7.47. The summed E-state index contributed by atoms with van der Waals surface area (Å²) < 4.78 is 30.7. The number of carbonyl (C=O) groups excluding carboxylic acids is 2. The quantitative estimate of drug-likeness (QED) is 0.0205. The number of esters is 1. The number of amides is 1. The van der Waals surface area contributed by atoms with Gasteiger partial charge in [0.15, 0.2) is 0 Å². The number of hydrogen-bond donors (Lipinski definition) is 2. The first kappa shape index (κ1) is 76.2. The number of rotatable bonds is 59. The van der Waals surface area contributed by atoms with Crippen molar-refractivity contribution in [2.45, 2.75) is 303 Å². The number of allylic oxidation sites excluding steroid dienone is 13. The molecule has 2 N–H and O–H groups in total. The molecule has 0 rings (SSSR count). The van der Waals surface area contributed by atoms with E-state index in [2.05, 4.69) is 99.0 Å². The molecular weight excluding hydrogens is 1000 g/mol. The van der Waals surface area contributed by atoms with Crippen LogP contribution in [0, 0.1) is 0 Å². The molecule has 0 fully saturated rings. The summed E-state index contributed by atoms with van der Waals surface area (Å²) in [5.41, 5.74) is 0. The van der Waals surface area contributed by atoms with Crippen molar-refractivity contribution in [3.05, 3.63) is 85.1 Å². The molecule has 0 aromatic rings. The smallest absolute Gasteiger partial charge is 0.456 e. The highest BCUT2D eigenvalue weighted by Crippen LogP contribution is 2.43. The van der Waals surface area contributed by atoms with E-state index in [1.165, 1.54) is 161 Å². The van der Waals surface area contributed by atoms with Gasteiger partial charge < -0.3 is 19.4 Å². The van der Waals surface area contributed by atoms with E-state index in [0.29, 0.717) is 23.9 Å². The molecular formula is C69H126N2O7P+. The highest BCUT2D eigenvalue weighted by atomic mass is 31.2. The van der Waals surface area contributed by atoms with Crippen LogP contribution in [0.5, 0.6) is 0 Å². The second kappa shape index (κ2) is 58.4. The van der Waals surface area contributed by atoms with Gasteiger partial charge in [0.1, 0.15) is 19.3 Å². The largest absolute Gasteiger partial charge is 0.472 e. The van der Waals surface area contributed by atoms with Gasteiger partial charge in [0.25, 0.3) is 0 Å². The summed E-state index contributed by atoms with van der Waals surface area (Å²) in [5, 5.41) is 3.04. The average molecular weight is 1130 g/mol. The number of quaternary nitrogens is 1. The van der Waals surface area contributed by atoms with Gasteiger partial charge >= 0.3 is 13.8 Å². The lowest BCUT2D eigenvalue weighted by atomic mass is 10.0. The van der Waals surface area contributed by atoms with E-state index >= 15 is 0 Å². The van der Waals surface area contributed by atoms with E-state index in [9.17, 15) is 19.0 Å². The fourth-order valence-electron chi connectivity index (χ4n) is 9.26. The lowest BCUT2D eigenvalue weighted by Crippen LogP contribution is -2.47. The number of likely N-dealkylation sites (N-methyl/N-ethyl adjacent to an activating group) is 1. The molecule has 0 saturated carbocycles. The molecule has 0 saturated heterocycles. The predicted molar refractivity (Wildman–Crippen MR) is 341 cm³/mol. The Labute approximate surface area is 488 Å². The summed E-state index contributed by atoms with van der Waals surface area (Å²) in [6, 6.07) is -0.868. The summed E-state index contributed by atoms with van der Waals surface area (Å²) in [5.74, 6) is -0.538. The minimum Gasteiger partial charge on any atom is -0.456 e. The van der Waals surface area contributed by atoms with Crippen LogP contribution in [0.15, 0.2) is 85.1 Å². The van der Waals surface area contributed by atoms with E-state index in [0.717, 1.165) is 89.9 Å². The Balaban J connectivity index is 5.13. The van der Waals surface area contributed by atoms with E-state index in [1.807, 2.05) is 33.3 Å². The maximum absolute atomic E-state index is 13.5. The zero-order valence-corrected chi connectivity index (χ0v) is 53.2. The number of carbonyl (C=O) groups is 2. The van der Waals surface area contributed by atoms with Crippen LogP contribution >= 0.6 is 7.82 Å². The molecule has 458 valence electrons. The molecule has 0 aliphatic carbocycles. The number of nitrogens with zero attached hydrogens (tertiary/aromatic N) is 1. The Morgan fingerprint density at radius 3 is 1.25 bits per heavy atom. The third-order valence-corrected chi connectivity index (χ3v) is 15.3. The predicted octanol–water partition coefficient (Wildman–Crippen LogP) is 20.6. The molecule has 0 aromatic heterocycles. The van der Waals surface area contributed by atoms with Crippen molar-refractivity contribution in [1.29, 1.82) is 0 Å². The third-order valence-electron chi connectivity index (χ3n) is 14.3. The Bertz CT molecular complexity index is 1630. The van der Waals surface area contributed by atoms with Gasteiger partial charge in [-0.3, -0.25) is 18.6 Å². The lowest BCUT2D eigenvalue weighted by molar-refractivity contribution is -0.870. The van der Waals surface area contributed by atoms with Crippen LogP contribution in [0.2, 0.25) is 0 Å². The zero-order valence-electron chi connectivity index (χ0n) is 52.3. The van der Waals surface area contributed by atoms with Gasteiger partial charge in [-0.15, -0.1) is 0 Å². The first-order valence-corrected chi connectivity index (χ1v) is 34.4. The molecule has 9 nitrogen and oxygen atoms in total. The molecule has 0 aliphatic heterocycles. The normalized spacial score (nSPS) is 14.2. The van der Waals surface area contributed by atoms with Gasteiger partial charge in [0, 0.05) is 12.8 Å². The minimum absolute atomic E-state index is 0.0313. The van der Waals surface area contributed by atoms with Crippen molar-refractivity contribution in [1.82, 2.24) is 5.32 Å². The van der Waals surface area contributed by atoms with Crippen molar-refractivity contribution < 1.29 is 37.3 Å². The lowest BCUT2D eigenvalue weighted by Gasteiger charge is -2.27. The second-order valence-corrected chi connectivity index (χ2v) is 24.7. The SMILES string of the molecule is CC/C=C/C/C=C/C/C=C/C/C=C/CCCCCC(=O)NC(COP(=O)(O)OCC[N+](C)(C)C)C(/C=C\CCCCCCCCCCCC)OC(=O)CCCCCCCCCCCCCCCCC/C=C\C/C=C\CCCCC. The van der Waals surface area contributed by atoms with Crippen molar-refractivity contribution >= 4 is 19.7 Å². The summed E-state index contributed by atoms with van der Waals surface area (Å²) >= 11 is 0. The maximum Gasteiger partial charge on any atom is 0.472 e. The standard InChI is InChI=1S/C69H125N2O7P/c1-7-10-13-16-19-22-25-28-30-32-33-34-35-36-37-38-39-40-42-44-47-50-53-56-59-62-69(73)78-67(60-57-54-51-48-45-27-24-21-18-15-12-9-3)66(65-77-79(74,75)76-64-63-71(4,5)6)70-68(72)61-58-55-52-49-46-43-41-31-29-26-23-20-17-14-11-8-2/h11,14,19-20,22-23,28-31,43,46,57,60,66-67H,7-10,12-13,15-18,21,24-27,32-42,44-45,47-56,58-59,61-65H2,1-6H3,(H-,70,72,74,75)/p+1/b14-11+,22-19-,23-20+,30-28-,31-29+,46-43+,60-57-. The van der Waals surface area contributed by atoms with Gasteiger partial charge in [-0.2, -0.15) is 0 Å². The molecule has 3 atom stereocenters. The molecule has 0 radical (unpaired) electrons. The van der Waals surface area contributed by atoms with E-state index in [4.69, 9.17) is 13.8 Å². The molecule has 0 bridgehead atoms. The fraction of sp³-hybridized carbons (Fsp3) is 0.768. The van der Waals surface area contributed by atoms with E-state index in [1.54, 1.807) is 0 Å². The van der Waals surface area contributed by atoms with Gasteiger partial charge in [-0.05, 0) is 102 Å². The Morgan fingerprint density at radius 2 is 0.810 bits per heavy atom. The molecule has 0 heterocycles. The average Bonchev–Trinajstić information content (AvgIpc) is 3.41. The van der Waals surface area contributed by atoms with Crippen LogP contribution in [-0.4, -0.2) is 74.3 Å². The van der Waals surface area contributed by atoms with Crippen molar-refractivity contribution in [2.75, 3.05) is 40.9 Å². The first-order chi connectivity index (χ1) is 38.4. The summed E-state index contributed by atoms with van der Waals surface area (Å²) in [4.78, 5) is 37.8. The van der Waals surface area contributed by atoms with Gasteiger partial charge in [-0.25, -0.2) is 4.57 Å². The van der Waals surface area contributed by atoms with Crippen LogP contribution in [0.4, 0.5) is 0 Å². The summed E-state index contributed by atoms with van der Waals surface area (Å²) in [6.07, 6.45) is 77.4.